The SMILES string of the molecule is CC(C)(N)CC(C)(C)Oc1ccc([N+](=O)[O-])c(COC(=O)C(C)(C)C(C)(C)CC(c2ccccc2)C(C)(N)Br)c1. The topological polar surface area (TPSA) is 131 Å². The Labute approximate surface area is 247 Å². The highest BCUT2D eigenvalue weighted by molar-refractivity contribution is 9.10. The highest BCUT2D eigenvalue weighted by atomic mass is 79.9. The molecule has 2 aromatic rings. The first kappa shape index (κ1) is 33.7. The quantitative estimate of drug-likeness (QED) is 0.0795. The second kappa shape index (κ2) is 12.2. The Hall–Kier alpha value is -2.49. The van der Waals surface area contributed by atoms with Gasteiger partial charge in [-0.2, -0.15) is 0 Å². The number of alkyl halides is 1. The van der Waals surface area contributed by atoms with Gasteiger partial charge in [-0.3, -0.25) is 14.9 Å². The predicted octanol–water partition coefficient (Wildman–Crippen LogP) is 7.22. The summed E-state index contributed by atoms with van der Waals surface area (Å²) in [6, 6.07) is 14.4. The summed E-state index contributed by atoms with van der Waals surface area (Å²) in [7, 11) is 0. The van der Waals surface area contributed by atoms with E-state index in [1.165, 1.54) is 6.07 Å². The third kappa shape index (κ3) is 9.01. The van der Waals surface area contributed by atoms with E-state index in [2.05, 4.69) is 15.9 Å². The van der Waals surface area contributed by atoms with Crippen LogP contribution >= 0.6 is 15.9 Å². The fraction of sp³-hybridized carbons (Fsp3) is 0.581. The van der Waals surface area contributed by atoms with Gasteiger partial charge in [-0.05, 0) is 78.0 Å². The van der Waals surface area contributed by atoms with Gasteiger partial charge in [-0.15, -0.1) is 0 Å². The van der Waals surface area contributed by atoms with Crippen molar-refractivity contribution in [1.82, 2.24) is 0 Å². The molecule has 0 aliphatic heterocycles. The second-order valence-corrected chi connectivity index (χ2v) is 15.2. The van der Waals surface area contributed by atoms with Crippen LogP contribution in [-0.4, -0.2) is 26.5 Å². The summed E-state index contributed by atoms with van der Waals surface area (Å²) in [6.07, 6.45) is 1.15. The van der Waals surface area contributed by atoms with Crippen LogP contribution in [0.5, 0.6) is 5.75 Å². The lowest BCUT2D eigenvalue weighted by Gasteiger charge is -2.44. The number of hydrogen-bond acceptors (Lipinski definition) is 7. The highest BCUT2D eigenvalue weighted by Gasteiger charge is 2.47. The maximum Gasteiger partial charge on any atom is 0.312 e. The average Bonchev–Trinajstić information content (AvgIpc) is 2.78. The number of halogens is 1. The Morgan fingerprint density at radius 2 is 1.55 bits per heavy atom. The molecule has 0 heterocycles. The van der Waals surface area contributed by atoms with E-state index in [1.807, 2.05) is 92.6 Å². The van der Waals surface area contributed by atoms with E-state index in [9.17, 15) is 14.9 Å². The van der Waals surface area contributed by atoms with Crippen molar-refractivity contribution in [2.24, 2.45) is 22.3 Å². The zero-order valence-corrected chi connectivity index (χ0v) is 26.9. The lowest BCUT2D eigenvalue weighted by atomic mass is 9.62. The Balaban J connectivity index is 2.27. The summed E-state index contributed by atoms with van der Waals surface area (Å²) in [5.74, 6) is -0.105. The van der Waals surface area contributed by atoms with Gasteiger partial charge in [0.2, 0.25) is 0 Å². The number of nitro benzene ring substituents is 1. The third-order valence-corrected chi connectivity index (χ3v) is 8.23. The molecule has 0 saturated heterocycles. The van der Waals surface area contributed by atoms with Gasteiger partial charge in [0, 0.05) is 23.9 Å². The van der Waals surface area contributed by atoms with Crippen molar-refractivity contribution in [3.8, 4) is 5.75 Å². The van der Waals surface area contributed by atoms with Crippen molar-refractivity contribution in [3.05, 3.63) is 69.8 Å². The van der Waals surface area contributed by atoms with E-state index >= 15 is 0 Å². The minimum atomic E-state index is -0.935. The summed E-state index contributed by atoms with van der Waals surface area (Å²) < 4.78 is 11.2. The smallest absolute Gasteiger partial charge is 0.312 e. The number of hydrogen-bond donors (Lipinski definition) is 2. The van der Waals surface area contributed by atoms with E-state index in [4.69, 9.17) is 20.9 Å². The van der Waals surface area contributed by atoms with Gasteiger partial charge in [0.05, 0.1) is 20.3 Å². The van der Waals surface area contributed by atoms with Gasteiger partial charge in [0.15, 0.2) is 0 Å². The molecular formula is C31H46BrN3O5. The molecule has 0 amide bonds. The normalized spacial score (nSPS) is 15.2. The fourth-order valence-electron chi connectivity index (χ4n) is 5.07. The molecular weight excluding hydrogens is 574 g/mol. The van der Waals surface area contributed by atoms with E-state index in [-0.39, 0.29) is 23.8 Å². The van der Waals surface area contributed by atoms with E-state index in [0.29, 0.717) is 18.6 Å². The Kier molecular flexibility index (Phi) is 10.3. The van der Waals surface area contributed by atoms with Crippen LogP contribution in [0.1, 0.15) is 92.2 Å². The molecule has 2 atom stereocenters. The minimum Gasteiger partial charge on any atom is -0.488 e. The molecule has 0 aromatic heterocycles. The molecule has 0 bridgehead atoms. The lowest BCUT2D eigenvalue weighted by Crippen LogP contribution is -2.45. The molecule has 222 valence electrons. The Bertz CT molecular complexity index is 1180. The first-order chi connectivity index (χ1) is 18.1. The number of nitro groups is 1. The predicted molar refractivity (Wildman–Crippen MR) is 163 cm³/mol. The van der Waals surface area contributed by atoms with Gasteiger partial charge in [0.25, 0.3) is 5.69 Å². The molecule has 4 N–H and O–H groups in total. The van der Waals surface area contributed by atoms with Crippen LogP contribution in [-0.2, 0) is 16.1 Å². The van der Waals surface area contributed by atoms with Crippen molar-refractivity contribution in [3.63, 3.8) is 0 Å². The molecule has 2 aromatic carbocycles. The van der Waals surface area contributed by atoms with E-state index in [0.717, 1.165) is 5.56 Å². The van der Waals surface area contributed by atoms with Crippen LogP contribution in [0.2, 0.25) is 0 Å². The van der Waals surface area contributed by atoms with Crippen molar-refractivity contribution < 1.29 is 19.2 Å². The highest BCUT2D eigenvalue weighted by Crippen LogP contribution is 2.49. The van der Waals surface area contributed by atoms with Crippen LogP contribution in [0.3, 0.4) is 0 Å². The molecule has 0 aliphatic rings. The Morgan fingerprint density at radius 3 is 2.05 bits per heavy atom. The standard InChI is InChI=1S/C31H46BrN3O5/c1-27(2,18-24(31(9,32)34)21-13-11-10-12-14-21)30(7,8)26(36)39-19-22-17-23(15-16-25(22)35(37)38)40-29(5,6)20-28(3,4)33/h10-17,24H,18-20,33-34H2,1-9H3. The first-order valence-electron chi connectivity index (χ1n) is 13.5. The van der Waals surface area contributed by atoms with Gasteiger partial charge in [-0.25, -0.2) is 0 Å². The number of rotatable bonds is 13. The maximum absolute atomic E-state index is 13.5. The van der Waals surface area contributed by atoms with Gasteiger partial charge < -0.3 is 20.9 Å². The number of ether oxygens (including phenoxy) is 2. The zero-order valence-electron chi connectivity index (χ0n) is 25.3. The summed E-state index contributed by atoms with van der Waals surface area (Å²) in [5.41, 5.74) is 11.3. The zero-order chi connectivity index (χ0) is 30.7. The average molecular weight is 621 g/mol. The molecule has 0 saturated carbocycles. The molecule has 40 heavy (non-hydrogen) atoms. The number of nitrogens with two attached hydrogens (primary N) is 2. The first-order valence-corrected chi connectivity index (χ1v) is 14.3. The second-order valence-electron chi connectivity index (χ2n) is 13.5. The number of nitrogens with zero attached hydrogens (tertiary/aromatic N) is 1. The summed E-state index contributed by atoms with van der Waals surface area (Å²) in [6.45, 7) is 17.0. The van der Waals surface area contributed by atoms with Crippen LogP contribution in [0.15, 0.2) is 48.5 Å². The largest absolute Gasteiger partial charge is 0.488 e. The third-order valence-electron chi connectivity index (χ3n) is 7.68. The summed E-state index contributed by atoms with van der Waals surface area (Å²) >= 11 is 3.64. The molecule has 8 nitrogen and oxygen atoms in total. The van der Waals surface area contributed by atoms with Crippen LogP contribution in [0.25, 0.3) is 0 Å². The molecule has 0 aliphatic carbocycles. The minimum absolute atomic E-state index is 0.0902. The van der Waals surface area contributed by atoms with Gasteiger partial charge in [-0.1, -0.05) is 60.1 Å². The summed E-state index contributed by atoms with van der Waals surface area (Å²) in [5, 5.41) is 11.7. The van der Waals surface area contributed by atoms with Crippen molar-refractivity contribution in [2.75, 3.05) is 0 Å². The van der Waals surface area contributed by atoms with Crippen LogP contribution < -0.4 is 16.2 Å². The molecule has 0 radical (unpaired) electrons. The fourth-order valence-corrected chi connectivity index (χ4v) is 5.49. The molecule has 0 fully saturated rings. The van der Waals surface area contributed by atoms with Gasteiger partial charge >= 0.3 is 5.97 Å². The maximum atomic E-state index is 13.5. The lowest BCUT2D eigenvalue weighted by molar-refractivity contribution is -0.385. The van der Waals surface area contributed by atoms with Crippen molar-refractivity contribution in [1.29, 1.82) is 0 Å². The molecule has 2 rings (SSSR count). The van der Waals surface area contributed by atoms with Crippen LogP contribution in [0, 0.1) is 20.9 Å². The summed E-state index contributed by atoms with van der Waals surface area (Å²) in [4.78, 5) is 24.8. The van der Waals surface area contributed by atoms with Crippen molar-refractivity contribution >= 4 is 27.6 Å². The van der Waals surface area contributed by atoms with Crippen molar-refractivity contribution in [2.45, 2.75) is 103 Å². The van der Waals surface area contributed by atoms with E-state index in [1.54, 1.807) is 12.1 Å². The van der Waals surface area contributed by atoms with Crippen LogP contribution in [0.4, 0.5) is 5.69 Å². The number of carbonyl (C=O) groups is 1. The Morgan fingerprint density at radius 1 is 0.975 bits per heavy atom. The molecule has 0 spiro atoms. The number of esters is 1. The number of carbonyl (C=O) groups excluding carboxylic acids is 1. The van der Waals surface area contributed by atoms with Gasteiger partial charge in [0.1, 0.15) is 18.0 Å². The monoisotopic (exact) mass is 619 g/mol. The molecule has 9 heteroatoms. The van der Waals surface area contributed by atoms with E-state index < -0.39 is 37.3 Å². The number of benzene rings is 2. The molecule has 2 unspecified atom stereocenters.